The third kappa shape index (κ3) is 3.80. The van der Waals surface area contributed by atoms with Gasteiger partial charge in [-0.25, -0.2) is 0 Å². The van der Waals surface area contributed by atoms with Crippen molar-refractivity contribution in [1.82, 2.24) is 10.2 Å². The molecule has 28 heavy (non-hydrogen) atoms. The summed E-state index contributed by atoms with van der Waals surface area (Å²) in [5.41, 5.74) is 2.69. The zero-order chi connectivity index (χ0) is 19.6. The number of halogens is 1. The molecule has 1 N–H and O–H groups in total. The van der Waals surface area contributed by atoms with E-state index in [9.17, 15) is 4.79 Å². The Morgan fingerprint density at radius 1 is 1.07 bits per heavy atom. The van der Waals surface area contributed by atoms with E-state index in [2.05, 4.69) is 15.5 Å². The molecule has 5 nitrogen and oxygen atoms in total. The maximum Gasteiger partial charge on any atom is 0.322 e. The molecule has 1 aromatic heterocycles. The van der Waals surface area contributed by atoms with Crippen LogP contribution >= 0.6 is 11.6 Å². The molecule has 1 aliphatic carbocycles. The van der Waals surface area contributed by atoms with Crippen LogP contribution in [0.3, 0.4) is 0 Å². The topological polar surface area (TPSA) is 68.0 Å². The first-order valence-electron chi connectivity index (χ1n) is 9.51. The SMILES string of the molecule is Cc1ccc(Cc2nnc(NC(=O)C3(c4ccc(Cl)cc4)CCCC3)o2)cc1. The third-order valence-corrected chi connectivity index (χ3v) is 5.70. The molecule has 0 atom stereocenters. The van der Waals surface area contributed by atoms with Gasteiger partial charge in [-0.3, -0.25) is 10.1 Å². The lowest BCUT2D eigenvalue weighted by atomic mass is 9.78. The highest BCUT2D eigenvalue weighted by Crippen LogP contribution is 2.42. The lowest BCUT2D eigenvalue weighted by Gasteiger charge is -2.27. The molecule has 1 fully saturated rings. The Morgan fingerprint density at radius 3 is 2.43 bits per heavy atom. The Kier molecular flexibility index (Phi) is 5.18. The minimum Gasteiger partial charge on any atom is -0.407 e. The van der Waals surface area contributed by atoms with Crippen LogP contribution in [0.25, 0.3) is 0 Å². The van der Waals surface area contributed by atoms with Crippen molar-refractivity contribution in [3.8, 4) is 0 Å². The number of nitrogens with zero attached hydrogens (tertiary/aromatic N) is 2. The molecule has 0 bridgehead atoms. The standard InChI is InChI=1S/C22H22ClN3O2/c1-15-4-6-16(7-5-15)14-19-25-26-21(28-19)24-20(27)22(12-2-3-13-22)17-8-10-18(23)11-9-17/h4-11H,2-3,12-14H2,1H3,(H,24,26,27). The van der Waals surface area contributed by atoms with Gasteiger partial charge in [-0.05, 0) is 43.0 Å². The summed E-state index contributed by atoms with van der Waals surface area (Å²) in [5.74, 6) is 0.379. The first-order valence-corrected chi connectivity index (χ1v) is 9.88. The van der Waals surface area contributed by atoms with Crippen molar-refractivity contribution < 1.29 is 9.21 Å². The zero-order valence-electron chi connectivity index (χ0n) is 15.7. The van der Waals surface area contributed by atoms with Gasteiger partial charge in [0.15, 0.2) is 0 Å². The number of rotatable bonds is 5. The quantitative estimate of drug-likeness (QED) is 0.654. The zero-order valence-corrected chi connectivity index (χ0v) is 16.5. The van der Waals surface area contributed by atoms with Crippen molar-refractivity contribution in [3.05, 3.63) is 76.1 Å². The molecule has 0 saturated heterocycles. The normalized spacial score (nSPS) is 15.5. The van der Waals surface area contributed by atoms with Crippen LogP contribution in [0.15, 0.2) is 52.9 Å². The van der Waals surface area contributed by atoms with Gasteiger partial charge in [-0.15, -0.1) is 5.10 Å². The summed E-state index contributed by atoms with van der Waals surface area (Å²) in [6, 6.07) is 15.8. The van der Waals surface area contributed by atoms with Gasteiger partial charge in [0.25, 0.3) is 0 Å². The van der Waals surface area contributed by atoms with E-state index >= 15 is 0 Å². The van der Waals surface area contributed by atoms with Gasteiger partial charge in [0.2, 0.25) is 11.8 Å². The van der Waals surface area contributed by atoms with E-state index in [1.165, 1.54) is 5.56 Å². The molecule has 0 radical (unpaired) electrons. The molecule has 3 aromatic rings. The average molecular weight is 396 g/mol. The molecule has 0 spiro atoms. The van der Waals surface area contributed by atoms with E-state index in [0.717, 1.165) is 36.8 Å². The van der Waals surface area contributed by atoms with E-state index < -0.39 is 5.41 Å². The van der Waals surface area contributed by atoms with E-state index in [-0.39, 0.29) is 11.9 Å². The largest absolute Gasteiger partial charge is 0.407 e. The number of carbonyl (C=O) groups excluding carboxylic acids is 1. The predicted octanol–water partition coefficient (Wildman–Crippen LogP) is 5.07. The fourth-order valence-corrected chi connectivity index (χ4v) is 3.99. The number of hydrogen-bond donors (Lipinski definition) is 1. The lowest BCUT2D eigenvalue weighted by Crippen LogP contribution is -2.38. The van der Waals surface area contributed by atoms with Crippen LogP contribution in [-0.4, -0.2) is 16.1 Å². The monoisotopic (exact) mass is 395 g/mol. The number of hydrogen-bond acceptors (Lipinski definition) is 4. The summed E-state index contributed by atoms with van der Waals surface area (Å²) in [7, 11) is 0. The van der Waals surface area contributed by atoms with Crippen LogP contribution < -0.4 is 5.32 Å². The number of nitrogens with one attached hydrogen (secondary N) is 1. The third-order valence-electron chi connectivity index (χ3n) is 5.45. The molecule has 1 heterocycles. The van der Waals surface area contributed by atoms with Crippen LogP contribution in [0.2, 0.25) is 5.02 Å². The fourth-order valence-electron chi connectivity index (χ4n) is 3.87. The highest BCUT2D eigenvalue weighted by atomic mass is 35.5. The Labute approximate surface area is 169 Å². The second-order valence-corrected chi connectivity index (χ2v) is 7.85. The summed E-state index contributed by atoms with van der Waals surface area (Å²) in [6.45, 7) is 2.05. The number of aryl methyl sites for hydroxylation is 1. The molecular weight excluding hydrogens is 374 g/mol. The van der Waals surface area contributed by atoms with E-state index in [0.29, 0.717) is 17.3 Å². The summed E-state index contributed by atoms with van der Waals surface area (Å²) in [6.07, 6.45) is 4.15. The smallest absolute Gasteiger partial charge is 0.322 e. The Bertz CT molecular complexity index is 958. The minimum absolute atomic E-state index is 0.0992. The van der Waals surface area contributed by atoms with Crippen LogP contribution in [0.1, 0.15) is 48.3 Å². The van der Waals surface area contributed by atoms with Crippen molar-refractivity contribution in [2.24, 2.45) is 0 Å². The number of anilines is 1. The van der Waals surface area contributed by atoms with Gasteiger partial charge < -0.3 is 4.42 Å². The summed E-state index contributed by atoms with van der Waals surface area (Å²) >= 11 is 6.02. The lowest BCUT2D eigenvalue weighted by molar-refractivity contribution is -0.121. The molecule has 1 amide bonds. The van der Waals surface area contributed by atoms with Crippen LogP contribution in [0, 0.1) is 6.92 Å². The maximum atomic E-state index is 13.2. The molecule has 0 aliphatic heterocycles. The Hall–Kier alpha value is -2.66. The number of aromatic nitrogens is 2. The highest BCUT2D eigenvalue weighted by molar-refractivity contribution is 6.30. The van der Waals surface area contributed by atoms with Crippen molar-refractivity contribution in [2.75, 3.05) is 5.32 Å². The van der Waals surface area contributed by atoms with Gasteiger partial charge >= 0.3 is 6.01 Å². The number of benzene rings is 2. The van der Waals surface area contributed by atoms with Gasteiger partial charge in [0, 0.05) is 5.02 Å². The summed E-state index contributed by atoms with van der Waals surface area (Å²) < 4.78 is 5.67. The second kappa shape index (κ2) is 7.76. The first kappa shape index (κ1) is 18.7. The molecular formula is C22H22ClN3O2. The first-order chi connectivity index (χ1) is 13.5. The van der Waals surface area contributed by atoms with Crippen molar-refractivity contribution in [3.63, 3.8) is 0 Å². The summed E-state index contributed by atoms with van der Waals surface area (Å²) in [4.78, 5) is 13.2. The number of amides is 1. The predicted molar refractivity (Wildman–Crippen MR) is 109 cm³/mol. The van der Waals surface area contributed by atoms with Gasteiger partial charge in [0.05, 0.1) is 11.8 Å². The van der Waals surface area contributed by atoms with E-state index in [1.807, 2.05) is 55.5 Å². The van der Waals surface area contributed by atoms with Gasteiger partial charge in [-0.1, -0.05) is 71.5 Å². The molecule has 1 saturated carbocycles. The molecule has 0 unspecified atom stereocenters. The van der Waals surface area contributed by atoms with Crippen molar-refractivity contribution in [1.29, 1.82) is 0 Å². The molecule has 2 aromatic carbocycles. The molecule has 1 aliphatic rings. The Morgan fingerprint density at radius 2 is 1.75 bits per heavy atom. The average Bonchev–Trinajstić information content (AvgIpc) is 3.35. The van der Waals surface area contributed by atoms with Gasteiger partial charge in [-0.2, -0.15) is 0 Å². The van der Waals surface area contributed by atoms with E-state index in [1.54, 1.807) is 0 Å². The van der Waals surface area contributed by atoms with Crippen LogP contribution in [-0.2, 0) is 16.6 Å². The van der Waals surface area contributed by atoms with Crippen molar-refractivity contribution >= 4 is 23.5 Å². The highest BCUT2D eigenvalue weighted by Gasteiger charge is 2.43. The van der Waals surface area contributed by atoms with Crippen LogP contribution in [0.5, 0.6) is 0 Å². The second-order valence-electron chi connectivity index (χ2n) is 7.41. The van der Waals surface area contributed by atoms with Crippen molar-refractivity contribution in [2.45, 2.75) is 44.4 Å². The van der Waals surface area contributed by atoms with Crippen LogP contribution in [0.4, 0.5) is 6.01 Å². The van der Waals surface area contributed by atoms with Gasteiger partial charge in [0.1, 0.15) is 0 Å². The molecule has 4 rings (SSSR count). The molecule has 144 valence electrons. The fraction of sp³-hybridized carbons (Fsp3) is 0.318. The molecule has 6 heteroatoms. The van der Waals surface area contributed by atoms with E-state index in [4.69, 9.17) is 16.0 Å². The minimum atomic E-state index is -0.573. The number of carbonyl (C=O) groups is 1. The Balaban J connectivity index is 1.50. The maximum absolute atomic E-state index is 13.2. The summed E-state index contributed by atoms with van der Waals surface area (Å²) in [5, 5.41) is 11.6.